The second kappa shape index (κ2) is 13.7. The zero-order valence-corrected chi connectivity index (χ0v) is 26.7. The minimum Gasteiger partial charge on any atom is -0.478 e. The Kier molecular flexibility index (Phi) is 9.74. The number of aliphatic hydroxyl groups is 6. The highest BCUT2D eigenvalue weighted by Gasteiger charge is 2.62. The number of aliphatic hydroxyl groups excluding tert-OH is 4. The molecule has 49 heavy (non-hydrogen) atoms. The number of hydrogen-bond acceptors (Lipinski definition) is 13. The van der Waals surface area contributed by atoms with Crippen LogP contribution in [0.4, 0.5) is 11.4 Å². The quantitative estimate of drug-likeness (QED) is 0.105. The number of carboxylic acid groups (broad SMARTS) is 2. The summed E-state index contributed by atoms with van der Waals surface area (Å²) in [5.74, 6) is -2.61. The molecule has 14 nitrogen and oxygen atoms in total. The fourth-order valence-electron chi connectivity index (χ4n) is 6.62. The van der Waals surface area contributed by atoms with Crippen molar-refractivity contribution in [1.82, 2.24) is 0 Å². The smallest absolute Gasteiger partial charge is 0.337 e. The van der Waals surface area contributed by atoms with E-state index in [4.69, 9.17) is 9.47 Å². The standard InChI is InChI=1S/C34H36N2O12S/c37-13-25-33(45,29(23(39)15-47-25)35-27-19-7-3-1-5-17(19)9-11-21(27)31(41)42)49-34(46)26(14-38)48-16-24(40)30(34)36-28-20-8-4-2-6-18(20)10-12-22(28)32(43)44/h1-12,23-26,29-30,35-40,45-46H,13-16H2,(H,41,42)(H,43,44)/t23-,24-,25+,26+,29-,30-,33-,34-/m0/s1. The van der Waals surface area contributed by atoms with Gasteiger partial charge in [-0.1, -0.05) is 72.4 Å². The molecular formula is C34H36N2O12S. The monoisotopic (exact) mass is 696 g/mol. The predicted molar refractivity (Wildman–Crippen MR) is 180 cm³/mol. The van der Waals surface area contributed by atoms with Crippen LogP contribution in [0.1, 0.15) is 20.7 Å². The van der Waals surface area contributed by atoms with E-state index in [0.717, 1.165) is 0 Å². The van der Waals surface area contributed by atoms with Gasteiger partial charge < -0.3 is 61.0 Å². The van der Waals surface area contributed by atoms with Crippen molar-refractivity contribution < 1.29 is 59.9 Å². The van der Waals surface area contributed by atoms with Crippen molar-refractivity contribution in [3.05, 3.63) is 83.9 Å². The van der Waals surface area contributed by atoms with Gasteiger partial charge in [0, 0.05) is 10.8 Å². The lowest BCUT2D eigenvalue weighted by molar-refractivity contribution is -0.174. The van der Waals surface area contributed by atoms with Crippen LogP contribution in [0.15, 0.2) is 72.8 Å². The summed E-state index contributed by atoms with van der Waals surface area (Å²) in [5, 5.41) is 96.8. The van der Waals surface area contributed by atoms with Gasteiger partial charge in [-0.3, -0.25) is 0 Å². The second-order valence-corrected chi connectivity index (χ2v) is 13.5. The summed E-state index contributed by atoms with van der Waals surface area (Å²) in [4.78, 5) is 19.7. The molecule has 0 spiro atoms. The molecule has 260 valence electrons. The van der Waals surface area contributed by atoms with Crippen molar-refractivity contribution in [3.63, 3.8) is 0 Å². The van der Waals surface area contributed by atoms with Gasteiger partial charge in [0.1, 0.15) is 24.4 Å². The van der Waals surface area contributed by atoms with Gasteiger partial charge in [-0.15, -0.1) is 0 Å². The van der Waals surface area contributed by atoms with E-state index in [-0.39, 0.29) is 22.5 Å². The molecule has 2 aliphatic heterocycles. The lowest BCUT2D eigenvalue weighted by Gasteiger charge is -2.54. The normalized spacial score (nSPS) is 30.2. The fourth-order valence-corrected chi connectivity index (χ4v) is 8.38. The van der Waals surface area contributed by atoms with Gasteiger partial charge in [0.05, 0.1) is 61.0 Å². The molecule has 0 aliphatic carbocycles. The van der Waals surface area contributed by atoms with Gasteiger partial charge in [-0.05, 0) is 22.9 Å². The molecule has 2 heterocycles. The topological polar surface area (TPSA) is 238 Å². The van der Waals surface area contributed by atoms with Crippen LogP contribution in [0.3, 0.4) is 0 Å². The molecule has 2 saturated heterocycles. The molecule has 10 N–H and O–H groups in total. The minimum absolute atomic E-state index is 0.0365. The van der Waals surface area contributed by atoms with E-state index in [1.54, 1.807) is 60.7 Å². The van der Waals surface area contributed by atoms with Crippen LogP contribution in [0.25, 0.3) is 21.5 Å². The summed E-state index contributed by atoms with van der Waals surface area (Å²) >= 11 is 0.314. The Balaban J connectivity index is 1.48. The molecule has 8 atom stereocenters. The van der Waals surface area contributed by atoms with Gasteiger partial charge >= 0.3 is 11.9 Å². The molecule has 0 saturated carbocycles. The number of aromatic carboxylic acids is 2. The van der Waals surface area contributed by atoms with Crippen molar-refractivity contribution in [2.24, 2.45) is 0 Å². The van der Waals surface area contributed by atoms with E-state index in [1.165, 1.54) is 12.1 Å². The van der Waals surface area contributed by atoms with E-state index >= 15 is 0 Å². The van der Waals surface area contributed by atoms with E-state index in [2.05, 4.69) is 10.6 Å². The van der Waals surface area contributed by atoms with Crippen LogP contribution >= 0.6 is 11.8 Å². The Labute approximate surface area is 283 Å². The summed E-state index contributed by atoms with van der Waals surface area (Å²) in [5.41, 5.74) is -0.306. The van der Waals surface area contributed by atoms with Gasteiger partial charge in [0.15, 0.2) is 9.87 Å². The maximum absolute atomic E-state index is 12.5. The highest BCUT2D eigenvalue weighted by Crippen LogP contribution is 2.50. The highest BCUT2D eigenvalue weighted by atomic mass is 32.2. The molecule has 15 heteroatoms. The number of benzene rings is 4. The summed E-state index contributed by atoms with van der Waals surface area (Å²) in [7, 11) is 0. The van der Waals surface area contributed by atoms with Crippen molar-refractivity contribution in [3.8, 4) is 0 Å². The molecule has 2 fully saturated rings. The lowest BCUT2D eigenvalue weighted by atomic mass is 9.93. The lowest BCUT2D eigenvalue weighted by Crippen LogP contribution is -2.71. The zero-order chi connectivity index (χ0) is 35.1. The largest absolute Gasteiger partial charge is 0.478 e. The predicted octanol–water partition coefficient (Wildman–Crippen LogP) is 1.26. The van der Waals surface area contributed by atoms with Gasteiger partial charge in [-0.25, -0.2) is 9.59 Å². The zero-order valence-electron chi connectivity index (χ0n) is 25.8. The Morgan fingerprint density at radius 3 is 1.43 bits per heavy atom. The number of fused-ring (bicyclic) bond motifs is 2. The van der Waals surface area contributed by atoms with E-state index in [1.807, 2.05) is 0 Å². The molecule has 0 bridgehead atoms. The first-order valence-electron chi connectivity index (χ1n) is 15.4. The molecule has 4 aromatic rings. The Hall–Kier alpha value is -4.03. The van der Waals surface area contributed by atoms with Gasteiger partial charge in [0.2, 0.25) is 0 Å². The van der Waals surface area contributed by atoms with Crippen molar-refractivity contribution in [2.75, 3.05) is 37.1 Å². The van der Waals surface area contributed by atoms with Crippen LogP contribution in [0.2, 0.25) is 0 Å². The molecule has 6 rings (SSSR count). The van der Waals surface area contributed by atoms with Gasteiger partial charge in [-0.2, -0.15) is 0 Å². The number of ether oxygens (including phenoxy) is 2. The number of nitrogens with one attached hydrogen (secondary N) is 2. The molecule has 4 aromatic carbocycles. The maximum Gasteiger partial charge on any atom is 0.337 e. The van der Waals surface area contributed by atoms with Crippen molar-refractivity contribution >= 4 is 56.6 Å². The first kappa shape index (κ1) is 34.8. The first-order chi connectivity index (χ1) is 23.4. The SMILES string of the molecule is O=C(O)c1ccc2ccccc2c1N[C@H]1[C@@H](O)CO[C@H](CO)[C@]1(O)S[C@@]1(O)[C@@H](CO)OC[C@H](O)[C@@H]1Nc1c(C(=O)O)ccc2ccccc12. The van der Waals surface area contributed by atoms with Crippen LogP contribution < -0.4 is 10.6 Å². The number of rotatable bonds is 10. The Morgan fingerprint density at radius 1 is 0.673 bits per heavy atom. The third-order valence-corrected chi connectivity index (χ3v) is 10.8. The summed E-state index contributed by atoms with van der Waals surface area (Å²) in [6.45, 7) is -2.47. The molecule has 0 radical (unpaired) electrons. The average molecular weight is 697 g/mol. The fraction of sp³-hybridized carbons (Fsp3) is 0.353. The molecule has 0 amide bonds. The summed E-state index contributed by atoms with van der Waals surface area (Å²) in [6.07, 6.45) is -6.13. The average Bonchev–Trinajstić information content (AvgIpc) is 3.08. The molecular weight excluding hydrogens is 660 g/mol. The third-order valence-electron chi connectivity index (χ3n) is 9.10. The Morgan fingerprint density at radius 2 is 1.06 bits per heavy atom. The first-order valence-corrected chi connectivity index (χ1v) is 16.2. The van der Waals surface area contributed by atoms with Crippen molar-refractivity contribution in [2.45, 2.75) is 46.4 Å². The number of carboxylic acids is 2. The summed E-state index contributed by atoms with van der Waals surface area (Å²) < 4.78 is 11.3. The second-order valence-electron chi connectivity index (χ2n) is 12.0. The molecule has 0 aromatic heterocycles. The van der Waals surface area contributed by atoms with Crippen LogP contribution in [-0.4, -0.2) is 126 Å². The molecule has 2 aliphatic rings. The third kappa shape index (κ3) is 6.18. The number of hydrogen-bond donors (Lipinski definition) is 10. The van der Waals surface area contributed by atoms with E-state index < -0.39 is 84.7 Å². The minimum atomic E-state index is -2.52. The van der Waals surface area contributed by atoms with E-state index in [9.17, 15) is 50.4 Å². The van der Waals surface area contributed by atoms with E-state index in [0.29, 0.717) is 33.3 Å². The highest BCUT2D eigenvalue weighted by molar-refractivity contribution is 8.01. The van der Waals surface area contributed by atoms with Crippen LogP contribution in [0, 0.1) is 0 Å². The Bertz CT molecular complexity index is 1740. The van der Waals surface area contributed by atoms with Crippen LogP contribution in [-0.2, 0) is 9.47 Å². The molecule has 0 unspecified atom stereocenters. The number of thioether (sulfide) groups is 1. The summed E-state index contributed by atoms with van der Waals surface area (Å²) in [6, 6.07) is 16.5. The number of anilines is 2. The van der Waals surface area contributed by atoms with Crippen molar-refractivity contribution in [1.29, 1.82) is 0 Å². The maximum atomic E-state index is 12.5. The van der Waals surface area contributed by atoms with Crippen LogP contribution in [0.5, 0.6) is 0 Å². The number of carbonyl (C=O) groups is 2. The van der Waals surface area contributed by atoms with Gasteiger partial charge in [0.25, 0.3) is 0 Å².